The highest BCUT2D eigenvalue weighted by atomic mass is 127. The highest BCUT2D eigenvalue weighted by Gasteiger charge is 2.33. The summed E-state index contributed by atoms with van der Waals surface area (Å²) < 4.78 is 10.5. The molecule has 1 saturated carbocycles. The SMILES string of the molecule is CN=C(NCCCNC(=O)c1occc1C)NCC1(CCOC)CCCC1.I. The molecule has 1 fully saturated rings. The molecule has 0 saturated heterocycles. The van der Waals surface area contributed by atoms with Crippen molar-refractivity contribution in [1.29, 1.82) is 0 Å². The number of aliphatic imine (C=N–C) groups is 1. The van der Waals surface area contributed by atoms with Crippen LogP contribution in [0, 0.1) is 12.3 Å². The molecular weight excluding hydrogens is 471 g/mol. The molecule has 1 heterocycles. The molecular formula is C20H35IN4O3. The maximum absolute atomic E-state index is 12.0. The van der Waals surface area contributed by atoms with E-state index in [1.54, 1.807) is 20.2 Å². The summed E-state index contributed by atoms with van der Waals surface area (Å²) in [5.41, 5.74) is 1.17. The number of nitrogens with one attached hydrogen (secondary N) is 3. The first kappa shape index (κ1) is 24.7. The van der Waals surface area contributed by atoms with Gasteiger partial charge in [-0.2, -0.15) is 0 Å². The molecule has 1 amide bonds. The van der Waals surface area contributed by atoms with E-state index in [1.807, 2.05) is 6.92 Å². The summed E-state index contributed by atoms with van der Waals surface area (Å²) in [4.78, 5) is 16.3. The monoisotopic (exact) mass is 506 g/mol. The summed E-state index contributed by atoms with van der Waals surface area (Å²) in [6.07, 6.45) is 8.52. The molecule has 0 bridgehead atoms. The number of guanidine groups is 1. The Morgan fingerprint density at radius 2 is 1.96 bits per heavy atom. The van der Waals surface area contributed by atoms with Crippen molar-refractivity contribution in [3.05, 3.63) is 23.7 Å². The molecule has 0 aromatic carbocycles. The third kappa shape index (κ3) is 7.62. The number of hydrogen-bond acceptors (Lipinski definition) is 4. The lowest BCUT2D eigenvalue weighted by atomic mass is 9.83. The lowest BCUT2D eigenvalue weighted by Crippen LogP contribution is -2.44. The number of ether oxygens (including phenoxy) is 1. The smallest absolute Gasteiger partial charge is 0.287 e. The van der Waals surface area contributed by atoms with Crippen molar-refractivity contribution in [2.45, 2.75) is 45.4 Å². The zero-order valence-electron chi connectivity index (χ0n) is 17.3. The van der Waals surface area contributed by atoms with Gasteiger partial charge in [-0.1, -0.05) is 12.8 Å². The van der Waals surface area contributed by atoms with Crippen molar-refractivity contribution in [2.24, 2.45) is 10.4 Å². The topological polar surface area (TPSA) is 87.9 Å². The van der Waals surface area contributed by atoms with Gasteiger partial charge in [0.25, 0.3) is 5.91 Å². The molecule has 1 aliphatic carbocycles. The van der Waals surface area contributed by atoms with Crippen LogP contribution in [0.4, 0.5) is 0 Å². The fourth-order valence-electron chi connectivity index (χ4n) is 3.63. The van der Waals surface area contributed by atoms with Crippen LogP contribution in [0.5, 0.6) is 0 Å². The van der Waals surface area contributed by atoms with Gasteiger partial charge in [-0.05, 0) is 44.1 Å². The summed E-state index contributed by atoms with van der Waals surface area (Å²) in [6.45, 7) is 4.91. The number of amides is 1. The van der Waals surface area contributed by atoms with Crippen molar-refractivity contribution in [3.63, 3.8) is 0 Å². The van der Waals surface area contributed by atoms with Crippen LogP contribution in [-0.4, -0.2) is 52.3 Å². The average molecular weight is 506 g/mol. The number of hydrogen-bond donors (Lipinski definition) is 3. The van der Waals surface area contributed by atoms with E-state index in [-0.39, 0.29) is 29.9 Å². The van der Waals surface area contributed by atoms with Crippen LogP contribution in [0.1, 0.15) is 54.6 Å². The number of furan rings is 1. The second-order valence-corrected chi connectivity index (χ2v) is 7.34. The first-order valence-corrected chi connectivity index (χ1v) is 9.86. The van der Waals surface area contributed by atoms with Crippen LogP contribution in [0.25, 0.3) is 0 Å². The second-order valence-electron chi connectivity index (χ2n) is 7.34. The third-order valence-electron chi connectivity index (χ3n) is 5.36. The molecule has 0 unspecified atom stereocenters. The van der Waals surface area contributed by atoms with Crippen molar-refractivity contribution in [1.82, 2.24) is 16.0 Å². The molecule has 1 aliphatic rings. The minimum absolute atomic E-state index is 0. The number of carbonyl (C=O) groups excluding carboxylic acids is 1. The standard InChI is InChI=1S/C20H34N4O3.HI/c1-16-7-13-27-17(16)18(25)22-11-6-12-23-19(21-2)24-15-20(10-14-26-3)8-4-5-9-20;/h7,13H,4-6,8-12,14-15H2,1-3H3,(H,22,25)(H2,21,23,24);1H. The lowest BCUT2D eigenvalue weighted by Gasteiger charge is -2.30. The summed E-state index contributed by atoms with van der Waals surface area (Å²) in [5, 5.41) is 9.67. The minimum atomic E-state index is -0.165. The van der Waals surface area contributed by atoms with Crippen molar-refractivity contribution in [3.8, 4) is 0 Å². The Bertz CT molecular complexity index is 612. The third-order valence-corrected chi connectivity index (χ3v) is 5.36. The predicted octanol–water partition coefficient (Wildman–Crippen LogP) is 3.09. The van der Waals surface area contributed by atoms with Crippen LogP contribution in [0.2, 0.25) is 0 Å². The van der Waals surface area contributed by atoms with Gasteiger partial charge in [0.2, 0.25) is 0 Å². The van der Waals surface area contributed by atoms with Gasteiger partial charge >= 0.3 is 0 Å². The summed E-state index contributed by atoms with van der Waals surface area (Å²) in [6, 6.07) is 1.79. The first-order chi connectivity index (χ1) is 13.1. The molecule has 8 heteroatoms. The van der Waals surface area contributed by atoms with E-state index in [0.717, 1.165) is 44.1 Å². The first-order valence-electron chi connectivity index (χ1n) is 9.86. The van der Waals surface area contributed by atoms with Crippen LogP contribution in [0.15, 0.2) is 21.7 Å². The Labute approximate surface area is 185 Å². The fraction of sp³-hybridized carbons (Fsp3) is 0.700. The van der Waals surface area contributed by atoms with E-state index in [9.17, 15) is 4.79 Å². The number of carbonyl (C=O) groups is 1. The zero-order valence-corrected chi connectivity index (χ0v) is 19.6. The molecule has 0 aliphatic heterocycles. The van der Waals surface area contributed by atoms with Gasteiger partial charge in [-0.15, -0.1) is 24.0 Å². The molecule has 0 atom stereocenters. The highest BCUT2D eigenvalue weighted by molar-refractivity contribution is 14.0. The number of methoxy groups -OCH3 is 1. The molecule has 1 aromatic heterocycles. The van der Waals surface area contributed by atoms with Gasteiger partial charge in [-0.25, -0.2) is 0 Å². The van der Waals surface area contributed by atoms with E-state index in [0.29, 0.717) is 17.7 Å². The van der Waals surface area contributed by atoms with Crippen LogP contribution in [-0.2, 0) is 4.74 Å². The summed E-state index contributed by atoms with van der Waals surface area (Å²) in [5.74, 6) is 1.03. The lowest BCUT2D eigenvalue weighted by molar-refractivity contribution is 0.0925. The Hall–Kier alpha value is -1.29. The second kappa shape index (κ2) is 13.0. The van der Waals surface area contributed by atoms with Gasteiger partial charge in [0.1, 0.15) is 0 Å². The van der Waals surface area contributed by atoms with Gasteiger partial charge in [-0.3, -0.25) is 9.79 Å². The van der Waals surface area contributed by atoms with Gasteiger partial charge in [0.05, 0.1) is 6.26 Å². The molecule has 0 radical (unpaired) electrons. The van der Waals surface area contributed by atoms with Gasteiger partial charge in [0.15, 0.2) is 11.7 Å². The maximum atomic E-state index is 12.0. The molecule has 7 nitrogen and oxygen atoms in total. The molecule has 1 aromatic rings. The number of aryl methyl sites for hydroxylation is 1. The predicted molar refractivity (Wildman–Crippen MR) is 123 cm³/mol. The van der Waals surface area contributed by atoms with Crippen LogP contribution < -0.4 is 16.0 Å². The Kier molecular flexibility index (Phi) is 11.5. The van der Waals surface area contributed by atoms with E-state index in [1.165, 1.54) is 31.9 Å². The summed E-state index contributed by atoms with van der Waals surface area (Å²) >= 11 is 0. The molecule has 28 heavy (non-hydrogen) atoms. The van der Waals surface area contributed by atoms with E-state index in [4.69, 9.17) is 9.15 Å². The number of rotatable bonds is 10. The van der Waals surface area contributed by atoms with E-state index in [2.05, 4.69) is 20.9 Å². The largest absolute Gasteiger partial charge is 0.459 e. The zero-order chi connectivity index (χ0) is 19.5. The average Bonchev–Trinajstić information content (AvgIpc) is 3.31. The van der Waals surface area contributed by atoms with Crippen LogP contribution >= 0.6 is 24.0 Å². The van der Waals surface area contributed by atoms with Crippen LogP contribution in [0.3, 0.4) is 0 Å². The maximum Gasteiger partial charge on any atom is 0.287 e. The fourth-order valence-corrected chi connectivity index (χ4v) is 3.63. The molecule has 3 N–H and O–H groups in total. The van der Waals surface area contributed by atoms with Crippen molar-refractivity contribution in [2.75, 3.05) is 40.4 Å². The molecule has 0 spiro atoms. The quantitative estimate of drug-likeness (QED) is 0.197. The Balaban J connectivity index is 0.00000392. The normalized spacial score (nSPS) is 15.8. The van der Waals surface area contributed by atoms with E-state index < -0.39 is 0 Å². The van der Waals surface area contributed by atoms with E-state index >= 15 is 0 Å². The Morgan fingerprint density at radius 3 is 2.57 bits per heavy atom. The molecule has 2 rings (SSSR count). The minimum Gasteiger partial charge on any atom is -0.459 e. The van der Waals surface area contributed by atoms with Crippen molar-refractivity contribution >= 4 is 35.8 Å². The van der Waals surface area contributed by atoms with Gasteiger partial charge in [0, 0.05) is 46.0 Å². The molecule has 160 valence electrons. The summed E-state index contributed by atoms with van der Waals surface area (Å²) in [7, 11) is 3.55. The van der Waals surface area contributed by atoms with Gasteiger partial charge < -0.3 is 25.1 Å². The van der Waals surface area contributed by atoms with Crippen molar-refractivity contribution < 1.29 is 13.9 Å². The highest BCUT2D eigenvalue weighted by Crippen LogP contribution is 2.40. The number of halogens is 1. The number of nitrogens with zero attached hydrogens (tertiary/aromatic N) is 1. The Morgan fingerprint density at radius 1 is 1.25 bits per heavy atom.